The molecule has 0 aliphatic carbocycles. The number of fused-ring (bicyclic) bond motifs is 1. The van der Waals surface area contributed by atoms with E-state index in [4.69, 9.17) is 4.74 Å². The van der Waals surface area contributed by atoms with E-state index in [0.29, 0.717) is 29.2 Å². The molecule has 0 bridgehead atoms. The number of urea groups is 1. The number of piperazine rings is 1. The lowest BCUT2D eigenvalue weighted by Crippen LogP contribution is -2.58. The smallest absolute Gasteiger partial charge is 0.318 e. The lowest BCUT2D eigenvalue weighted by molar-refractivity contribution is -0.120. The van der Waals surface area contributed by atoms with Crippen molar-refractivity contribution in [1.82, 2.24) is 20.1 Å². The monoisotopic (exact) mass is 614 g/mol. The molecule has 11 heteroatoms. The van der Waals surface area contributed by atoms with Crippen molar-refractivity contribution in [2.24, 2.45) is 0 Å². The van der Waals surface area contributed by atoms with Crippen molar-refractivity contribution in [1.29, 1.82) is 0 Å². The molecule has 3 N–H and O–H groups in total. The Morgan fingerprint density at radius 2 is 1.87 bits per heavy atom. The first-order valence-corrected chi connectivity index (χ1v) is 14.9. The van der Waals surface area contributed by atoms with Crippen LogP contribution in [0.4, 0.5) is 20.6 Å². The maximum Gasteiger partial charge on any atom is 0.318 e. The summed E-state index contributed by atoms with van der Waals surface area (Å²) in [6, 6.07) is 16.1. The summed E-state index contributed by atoms with van der Waals surface area (Å²) in [4.78, 5) is 49.1. The number of halogens is 1. The van der Waals surface area contributed by atoms with Gasteiger partial charge in [-0.2, -0.15) is 0 Å². The second-order valence-corrected chi connectivity index (χ2v) is 11.7. The molecule has 3 aromatic carbocycles. The fourth-order valence-corrected chi connectivity index (χ4v) is 5.84. The molecule has 4 amide bonds. The van der Waals surface area contributed by atoms with E-state index < -0.39 is 23.9 Å². The Balaban J connectivity index is 1.39. The van der Waals surface area contributed by atoms with Crippen LogP contribution < -0.4 is 20.3 Å². The van der Waals surface area contributed by atoms with E-state index in [1.165, 1.54) is 24.1 Å². The first-order valence-electron chi connectivity index (χ1n) is 14.9. The molecule has 1 saturated heterocycles. The summed E-state index contributed by atoms with van der Waals surface area (Å²) < 4.78 is 19.2. The van der Waals surface area contributed by atoms with E-state index in [1.54, 1.807) is 24.0 Å². The van der Waals surface area contributed by atoms with Crippen molar-refractivity contribution < 1.29 is 23.5 Å². The summed E-state index contributed by atoms with van der Waals surface area (Å²) in [7, 11) is 5.46. The van der Waals surface area contributed by atoms with Gasteiger partial charge in [-0.25, -0.2) is 9.18 Å². The Labute approximate surface area is 262 Å². The third-order valence-electron chi connectivity index (χ3n) is 8.15. The molecule has 1 aliphatic rings. The van der Waals surface area contributed by atoms with Crippen LogP contribution in [0.15, 0.2) is 66.9 Å². The van der Waals surface area contributed by atoms with Crippen LogP contribution in [0.2, 0.25) is 0 Å². The van der Waals surface area contributed by atoms with Gasteiger partial charge in [-0.3, -0.25) is 9.59 Å². The minimum Gasteiger partial charge on any atom is -0.495 e. The van der Waals surface area contributed by atoms with Gasteiger partial charge in [0.2, 0.25) is 11.8 Å². The summed E-state index contributed by atoms with van der Waals surface area (Å²) in [5, 5.41) is 6.87. The zero-order valence-corrected chi connectivity index (χ0v) is 26.2. The molecule has 2 heterocycles. The number of nitrogens with one attached hydrogen (secondary N) is 3. The van der Waals surface area contributed by atoms with Gasteiger partial charge in [-0.1, -0.05) is 31.2 Å². The average Bonchev–Trinajstić information content (AvgIpc) is 3.44. The molecule has 4 aromatic rings. The molecule has 5 rings (SSSR count). The van der Waals surface area contributed by atoms with Gasteiger partial charge in [0.1, 0.15) is 24.2 Å². The first-order chi connectivity index (χ1) is 21.5. The minimum atomic E-state index is -0.994. The summed E-state index contributed by atoms with van der Waals surface area (Å²) in [5.41, 5.74) is 4.50. The van der Waals surface area contributed by atoms with Crippen molar-refractivity contribution in [3.63, 3.8) is 0 Å². The van der Waals surface area contributed by atoms with Crippen LogP contribution in [0.5, 0.6) is 5.75 Å². The van der Waals surface area contributed by atoms with E-state index in [-0.39, 0.29) is 31.4 Å². The number of aromatic nitrogens is 1. The number of aromatic amines is 1. The zero-order valence-electron chi connectivity index (χ0n) is 26.2. The molecule has 10 nitrogen and oxygen atoms in total. The largest absolute Gasteiger partial charge is 0.495 e. The van der Waals surface area contributed by atoms with E-state index in [9.17, 15) is 18.8 Å². The predicted molar refractivity (Wildman–Crippen MR) is 173 cm³/mol. The molecule has 1 fully saturated rings. The van der Waals surface area contributed by atoms with E-state index in [1.807, 2.05) is 68.5 Å². The molecule has 0 spiro atoms. The van der Waals surface area contributed by atoms with Crippen molar-refractivity contribution >= 4 is 40.1 Å². The third-order valence-corrected chi connectivity index (χ3v) is 8.15. The first kappa shape index (κ1) is 31.5. The summed E-state index contributed by atoms with van der Waals surface area (Å²) in [5.74, 6) is -1.04. The molecule has 0 radical (unpaired) electrons. The second kappa shape index (κ2) is 13.4. The highest BCUT2D eigenvalue weighted by Gasteiger charge is 2.34. The number of hydrogen-bond donors (Lipinski definition) is 3. The number of amides is 4. The van der Waals surface area contributed by atoms with Crippen LogP contribution in [0.1, 0.15) is 29.5 Å². The number of aryl methyl sites for hydroxylation is 1. The fourth-order valence-electron chi connectivity index (χ4n) is 5.84. The lowest BCUT2D eigenvalue weighted by Gasteiger charge is -2.36. The van der Waals surface area contributed by atoms with Gasteiger partial charge in [0, 0.05) is 48.3 Å². The van der Waals surface area contributed by atoms with Crippen molar-refractivity contribution in [2.75, 3.05) is 51.1 Å². The van der Waals surface area contributed by atoms with Gasteiger partial charge in [-0.05, 0) is 74.1 Å². The standard InChI is InChI=1S/C34H39FN6O4/c1-21-16-24(35)11-12-29(21)41-15-14-40(20-31(41)42)34(44)38-32(22(2)26-18-36-27-9-7-6-8-25(26)27)33(43)37-28-17-23(19-39(3)4)10-13-30(28)45-5/h6-13,16-18,22,32,36H,14-15,19-20H2,1-5H3,(H,37,43)(H,38,44)/t22-,32-/m1/s1. The van der Waals surface area contributed by atoms with E-state index >= 15 is 0 Å². The molecular weight excluding hydrogens is 575 g/mol. The van der Waals surface area contributed by atoms with Gasteiger partial charge in [0.05, 0.1) is 12.8 Å². The highest BCUT2D eigenvalue weighted by molar-refractivity contribution is 6.01. The van der Waals surface area contributed by atoms with Gasteiger partial charge >= 0.3 is 6.03 Å². The lowest BCUT2D eigenvalue weighted by atomic mass is 9.92. The highest BCUT2D eigenvalue weighted by Crippen LogP contribution is 2.31. The number of anilines is 2. The number of rotatable bonds is 9. The summed E-state index contributed by atoms with van der Waals surface area (Å²) in [6.07, 6.45) is 1.85. The Morgan fingerprint density at radius 3 is 2.58 bits per heavy atom. The van der Waals surface area contributed by atoms with Crippen LogP contribution >= 0.6 is 0 Å². The van der Waals surface area contributed by atoms with Crippen LogP contribution in [0.25, 0.3) is 10.9 Å². The number of H-pyrrole nitrogens is 1. The maximum absolute atomic E-state index is 14.0. The molecule has 45 heavy (non-hydrogen) atoms. The molecule has 236 valence electrons. The Kier molecular flexibility index (Phi) is 9.38. The van der Waals surface area contributed by atoms with Gasteiger partial charge in [0.25, 0.3) is 0 Å². The second-order valence-electron chi connectivity index (χ2n) is 11.7. The van der Waals surface area contributed by atoms with Crippen molar-refractivity contribution in [2.45, 2.75) is 32.4 Å². The molecule has 0 unspecified atom stereocenters. The van der Waals surface area contributed by atoms with Crippen LogP contribution in [-0.2, 0) is 16.1 Å². The number of carbonyl (C=O) groups is 3. The third kappa shape index (κ3) is 6.93. The molecular formula is C34H39FN6O4. The maximum atomic E-state index is 14.0. The molecule has 1 aliphatic heterocycles. The summed E-state index contributed by atoms with van der Waals surface area (Å²) >= 11 is 0. The van der Waals surface area contributed by atoms with Gasteiger partial charge in [0.15, 0.2) is 0 Å². The number of ether oxygens (including phenoxy) is 1. The van der Waals surface area contributed by atoms with Crippen LogP contribution in [-0.4, -0.2) is 79.5 Å². The number of carbonyl (C=O) groups excluding carboxylic acids is 3. The van der Waals surface area contributed by atoms with E-state index in [2.05, 4.69) is 15.6 Å². The molecule has 2 atom stereocenters. The fraction of sp³-hybridized carbons (Fsp3) is 0.324. The normalized spacial score (nSPS) is 14.9. The average molecular weight is 615 g/mol. The predicted octanol–water partition coefficient (Wildman–Crippen LogP) is 4.85. The minimum absolute atomic E-state index is 0.182. The van der Waals surface area contributed by atoms with Crippen LogP contribution in [0.3, 0.4) is 0 Å². The quantitative estimate of drug-likeness (QED) is 0.250. The van der Waals surface area contributed by atoms with Gasteiger partial charge in [-0.15, -0.1) is 0 Å². The molecule has 1 aromatic heterocycles. The highest BCUT2D eigenvalue weighted by atomic mass is 19.1. The SMILES string of the molecule is COc1ccc(CN(C)C)cc1NC(=O)[C@H](NC(=O)N1CCN(c2ccc(F)cc2C)C(=O)C1)[C@H](C)c1c[nH]c2ccccc12. The Bertz CT molecular complexity index is 1720. The Hall–Kier alpha value is -4.90. The number of para-hydroxylation sites is 1. The zero-order chi connectivity index (χ0) is 32.2. The van der Waals surface area contributed by atoms with Crippen molar-refractivity contribution in [3.05, 3.63) is 89.4 Å². The van der Waals surface area contributed by atoms with E-state index in [0.717, 1.165) is 22.0 Å². The number of nitrogens with zero attached hydrogens (tertiary/aromatic N) is 3. The number of methoxy groups -OCH3 is 1. The van der Waals surface area contributed by atoms with Crippen LogP contribution in [0, 0.1) is 12.7 Å². The Morgan fingerprint density at radius 1 is 1.09 bits per heavy atom. The van der Waals surface area contributed by atoms with Gasteiger partial charge < -0.3 is 35.1 Å². The summed E-state index contributed by atoms with van der Waals surface area (Å²) in [6.45, 7) is 4.59. The number of hydrogen-bond acceptors (Lipinski definition) is 5. The number of benzene rings is 3. The molecule has 0 saturated carbocycles. The van der Waals surface area contributed by atoms with Crippen molar-refractivity contribution in [3.8, 4) is 5.75 Å². The topological polar surface area (TPSA) is 110 Å².